The minimum atomic E-state index is -0.360. The van der Waals surface area contributed by atoms with Crippen LogP contribution in [0.15, 0.2) is 0 Å². The predicted octanol–water partition coefficient (Wildman–Crippen LogP) is 2.27. The highest BCUT2D eigenvalue weighted by molar-refractivity contribution is 6.30. The van der Waals surface area contributed by atoms with Crippen molar-refractivity contribution in [2.24, 2.45) is 0 Å². The number of nitrogens with zero attached hydrogens (tertiary/aromatic N) is 2. The second-order valence-corrected chi connectivity index (χ2v) is 6.15. The molecule has 2 N–H and O–H groups in total. The average Bonchev–Trinajstić information content (AvgIpc) is 3.29. The van der Waals surface area contributed by atoms with E-state index in [0.29, 0.717) is 24.3 Å². The summed E-state index contributed by atoms with van der Waals surface area (Å²) in [4.78, 5) is 8.99. The molecule has 1 saturated carbocycles. The van der Waals surface area contributed by atoms with Crippen LogP contribution in [0.3, 0.4) is 0 Å². The fraction of sp³-hybridized carbons (Fsp3) is 0.714. The van der Waals surface area contributed by atoms with Gasteiger partial charge in [-0.1, -0.05) is 11.6 Å². The van der Waals surface area contributed by atoms with Gasteiger partial charge in [0.15, 0.2) is 0 Å². The zero-order valence-corrected chi connectivity index (χ0v) is 12.4. The van der Waals surface area contributed by atoms with Gasteiger partial charge < -0.3 is 15.2 Å². The molecule has 110 valence electrons. The van der Waals surface area contributed by atoms with Crippen molar-refractivity contribution in [1.82, 2.24) is 9.97 Å². The van der Waals surface area contributed by atoms with E-state index in [4.69, 9.17) is 16.3 Å². The molecule has 0 atom stereocenters. The van der Waals surface area contributed by atoms with Crippen molar-refractivity contribution in [2.45, 2.75) is 44.1 Å². The number of aliphatic hydroxyl groups excluding tert-OH is 1. The number of anilines is 1. The van der Waals surface area contributed by atoms with Crippen LogP contribution >= 0.6 is 11.6 Å². The topological polar surface area (TPSA) is 67.3 Å². The molecule has 20 heavy (non-hydrogen) atoms. The fourth-order valence-corrected chi connectivity index (χ4v) is 2.66. The zero-order valence-electron chi connectivity index (χ0n) is 11.7. The molecule has 1 aromatic rings. The normalized spacial score (nSPS) is 21.8. The highest BCUT2D eigenvalue weighted by Gasteiger charge is 2.34. The molecule has 1 saturated heterocycles. The molecule has 6 heteroatoms. The van der Waals surface area contributed by atoms with Gasteiger partial charge in [-0.3, -0.25) is 0 Å². The van der Waals surface area contributed by atoms with Gasteiger partial charge in [-0.15, -0.1) is 0 Å². The summed E-state index contributed by atoms with van der Waals surface area (Å²) in [5, 5.41) is 13.7. The van der Waals surface area contributed by atoms with Crippen LogP contribution in [0.25, 0.3) is 0 Å². The van der Waals surface area contributed by atoms with Gasteiger partial charge in [0.05, 0.1) is 12.1 Å². The number of rotatable bonds is 4. The Kier molecular flexibility index (Phi) is 3.84. The van der Waals surface area contributed by atoms with E-state index < -0.39 is 0 Å². The lowest BCUT2D eigenvalue weighted by Crippen LogP contribution is -2.47. The van der Waals surface area contributed by atoms with Crippen LogP contribution in [0.5, 0.6) is 0 Å². The Bertz CT molecular complexity index is 499. The molecule has 0 aromatic carbocycles. The van der Waals surface area contributed by atoms with E-state index in [-0.39, 0.29) is 12.1 Å². The second kappa shape index (κ2) is 5.47. The van der Waals surface area contributed by atoms with Gasteiger partial charge >= 0.3 is 0 Å². The first-order valence-corrected chi connectivity index (χ1v) is 7.52. The van der Waals surface area contributed by atoms with Crippen LogP contribution in [-0.4, -0.2) is 40.4 Å². The molecular weight excluding hydrogens is 278 g/mol. The molecule has 0 bridgehead atoms. The summed E-state index contributed by atoms with van der Waals surface area (Å²) >= 11 is 6.22. The lowest BCUT2D eigenvalue weighted by molar-refractivity contribution is 0.0378. The van der Waals surface area contributed by atoms with Gasteiger partial charge in [0, 0.05) is 24.7 Å². The zero-order chi connectivity index (χ0) is 14.2. The number of aromatic nitrogens is 2. The van der Waals surface area contributed by atoms with Gasteiger partial charge in [0.2, 0.25) is 0 Å². The van der Waals surface area contributed by atoms with Crippen molar-refractivity contribution in [3.05, 3.63) is 16.5 Å². The van der Waals surface area contributed by atoms with Crippen LogP contribution < -0.4 is 5.32 Å². The number of nitrogens with one attached hydrogen (secondary N) is 1. The van der Waals surface area contributed by atoms with Gasteiger partial charge in [-0.25, -0.2) is 9.97 Å². The van der Waals surface area contributed by atoms with Crippen molar-refractivity contribution in [3.63, 3.8) is 0 Å². The smallest absolute Gasteiger partial charge is 0.137 e. The maximum Gasteiger partial charge on any atom is 0.137 e. The Morgan fingerprint density at radius 3 is 2.65 bits per heavy atom. The molecule has 1 aliphatic heterocycles. The van der Waals surface area contributed by atoms with Crippen molar-refractivity contribution >= 4 is 17.4 Å². The number of aliphatic hydroxyl groups is 1. The molecule has 0 spiro atoms. The van der Waals surface area contributed by atoms with E-state index in [1.165, 1.54) is 0 Å². The minimum absolute atomic E-state index is 0.0657. The van der Waals surface area contributed by atoms with Crippen molar-refractivity contribution in [2.75, 3.05) is 25.1 Å². The number of ether oxygens (including phenoxy) is 1. The van der Waals surface area contributed by atoms with Crippen LogP contribution in [0, 0.1) is 6.92 Å². The Morgan fingerprint density at radius 1 is 1.35 bits per heavy atom. The molecule has 1 aliphatic carbocycles. The van der Waals surface area contributed by atoms with Crippen LogP contribution in [0.2, 0.25) is 5.15 Å². The molecule has 0 amide bonds. The summed E-state index contributed by atoms with van der Waals surface area (Å²) in [5.74, 6) is 2.03. The molecule has 2 fully saturated rings. The van der Waals surface area contributed by atoms with E-state index in [1.807, 2.05) is 6.92 Å². The molecule has 3 rings (SSSR count). The largest absolute Gasteiger partial charge is 0.394 e. The summed E-state index contributed by atoms with van der Waals surface area (Å²) in [5.41, 5.74) is 0.483. The quantitative estimate of drug-likeness (QED) is 0.835. The fourth-order valence-electron chi connectivity index (χ4n) is 2.49. The van der Waals surface area contributed by atoms with Gasteiger partial charge in [-0.2, -0.15) is 0 Å². The molecule has 0 unspecified atom stereocenters. The average molecular weight is 298 g/mol. The lowest BCUT2D eigenvalue weighted by atomic mass is 9.91. The summed E-state index contributed by atoms with van der Waals surface area (Å²) in [6, 6.07) is 0. The first-order chi connectivity index (χ1) is 9.63. The highest BCUT2D eigenvalue weighted by Crippen LogP contribution is 2.40. The standard InChI is InChI=1S/C14H20ClN3O2/c1-9-11(15)16-13(10-2-3-10)17-12(9)18-14(8-19)4-6-20-7-5-14/h10,19H,2-8H2,1H3,(H,16,17,18). The molecule has 5 nitrogen and oxygen atoms in total. The highest BCUT2D eigenvalue weighted by atomic mass is 35.5. The molecule has 0 radical (unpaired) electrons. The predicted molar refractivity (Wildman–Crippen MR) is 77.2 cm³/mol. The van der Waals surface area contributed by atoms with E-state index in [2.05, 4.69) is 15.3 Å². The minimum Gasteiger partial charge on any atom is -0.394 e. The van der Waals surface area contributed by atoms with E-state index in [1.54, 1.807) is 0 Å². The first kappa shape index (κ1) is 14.0. The Balaban J connectivity index is 1.88. The van der Waals surface area contributed by atoms with Crippen molar-refractivity contribution in [3.8, 4) is 0 Å². The van der Waals surface area contributed by atoms with Crippen molar-refractivity contribution < 1.29 is 9.84 Å². The third-order valence-electron chi connectivity index (χ3n) is 4.18. The van der Waals surface area contributed by atoms with Crippen LogP contribution in [0.4, 0.5) is 5.82 Å². The summed E-state index contributed by atoms with van der Waals surface area (Å²) in [6.07, 6.45) is 3.81. The third kappa shape index (κ3) is 2.75. The maximum atomic E-state index is 9.76. The number of hydrogen-bond donors (Lipinski definition) is 2. The SMILES string of the molecule is Cc1c(Cl)nc(C2CC2)nc1NC1(CO)CCOCC1. The molecule has 2 aliphatic rings. The van der Waals surface area contributed by atoms with Crippen molar-refractivity contribution in [1.29, 1.82) is 0 Å². The molecule has 1 aromatic heterocycles. The number of halogens is 1. The van der Waals surface area contributed by atoms with Gasteiger partial charge in [0.1, 0.15) is 16.8 Å². The molecule has 2 heterocycles. The van der Waals surface area contributed by atoms with Gasteiger partial charge in [0.25, 0.3) is 0 Å². The summed E-state index contributed by atoms with van der Waals surface area (Å²) in [6.45, 7) is 3.28. The Labute approximate surface area is 123 Å². The summed E-state index contributed by atoms with van der Waals surface area (Å²) in [7, 11) is 0. The lowest BCUT2D eigenvalue weighted by Gasteiger charge is -2.37. The monoisotopic (exact) mass is 297 g/mol. The second-order valence-electron chi connectivity index (χ2n) is 5.80. The first-order valence-electron chi connectivity index (χ1n) is 7.14. The number of hydrogen-bond acceptors (Lipinski definition) is 5. The van der Waals surface area contributed by atoms with E-state index in [0.717, 1.165) is 42.9 Å². The van der Waals surface area contributed by atoms with E-state index in [9.17, 15) is 5.11 Å². The Morgan fingerprint density at radius 2 is 2.05 bits per heavy atom. The summed E-state index contributed by atoms with van der Waals surface area (Å²) < 4.78 is 5.38. The third-order valence-corrected chi connectivity index (χ3v) is 4.55. The van der Waals surface area contributed by atoms with E-state index >= 15 is 0 Å². The van der Waals surface area contributed by atoms with Gasteiger partial charge in [-0.05, 0) is 32.6 Å². The van der Waals surface area contributed by atoms with Crippen LogP contribution in [0.1, 0.15) is 43.0 Å². The van der Waals surface area contributed by atoms with Crippen LogP contribution in [-0.2, 0) is 4.74 Å². The Hall–Kier alpha value is -0.910. The molecular formula is C14H20ClN3O2. The maximum absolute atomic E-state index is 9.76.